The van der Waals surface area contributed by atoms with E-state index in [4.69, 9.17) is 0 Å². The van der Waals surface area contributed by atoms with Crippen molar-refractivity contribution in [3.8, 4) is 0 Å². The number of aryl methyl sites for hydroxylation is 2. The Labute approximate surface area is 79.7 Å². The molecular weight excluding hydrogens is 160 g/mol. The molecular formula is C12H16O. The van der Waals surface area contributed by atoms with Crippen molar-refractivity contribution in [3.63, 3.8) is 0 Å². The molecule has 0 aromatic heterocycles. The third kappa shape index (κ3) is 2.19. The third-order valence-corrected chi connectivity index (χ3v) is 2.27. The van der Waals surface area contributed by atoms with Crippen LogP contribution in [-0.2, 0) is 0 Å². The number of aliphatic hydroxyl groups is 1. The third-order valence-electron chi connectivity index (χ3n) is 2.27. The van der Waals surface area contributed by atoms with E-state index in [0.29, 0.717) is 6.42 Å². The molecule has 0 aliphatic heterocycles. The van der Waals surface area contributed by atoms with Crippen LogP contribution in [0, 0.1) is 13.8 Å². The normalized spacial score (nSPS) is 12.5. The first-order valence-corrected chi connectivity index (χ1v) is 4.52. The van der Waals surface area contributed by atoms with Crippen molar-refractivity contribution >= 4 is 0 Å². The largest absolute Gasteiger partial charge is 0.388 e. The van der Waals surface area contributed by atoms with E-state index in [2.05, 4.69) is 6.58 Å². The Morgan fingerprint density at radius 1 is 1.38 bits per heavy atom. The number of aliphatic hydroxyl groups excluding tert-OH is 1. The molecule has 1 atom stereocenters. The Bertz CT molecular complexity index is 282. The molecule has 1 unspecified atom stereocenters. The van der Waals surface area contributed by atoms with E-state index in [1.807, 2.05) is 32.0 Å². The summed E-state index contributed by atoms with van der Waals surface area (Å²) in [5.74, 6) is 0. The zero-order valence-corrected chi connectivity index (χ0v) is 8.25. The van der Waals surface area contributed by atoms with Crippen LogP contribution < -0.4 is 0 Å². The lowest BCUT2D eigenvalue weighted by Gasteiger charge is -2.14. The molecule has 1 rings (SSSR count). The van der Waals surface area contributed by atoms with Gasteiger partial charge in [0.1, 0.15) is 0 Å². The summed E-state index contributed by atoms with van der Waals surface area (Å²) >= 11 is 0. The van der Waals surface area contributed by atoms with Gasteiger partial charge in [-0.05, 0) is 37.0 Å². The lowest BCUT2D eigenvalue weighted by molar-refractivity contribution is 0.180. The molecule has 0 spiro atoms. The molecule has 1 nitrogen and oxygen atoms in total. The molecule has 0 saturated heterocycles. The summed E-state index contributed by atoms with van der Waals surface area (Å²) in [7, 11) is 0. The number of rotatable bonds is 3. The standard InChI is InChI=1S/C12H16O/c1-4-6-11(13)12-9(2)7-5-8-10(12)3/h4-5,7-8,11,13H,1,6H2,2-3H3. The molecule has 1 heteroatoms. The van der Waals surface area contributed by atoms with Crippen molar-refractivity contribution in [1.82, 2.24) is 0 Å². The molecule has 0 saturated carbocycles. The Hall–Kier alpha value is -1.08. The molecule has 0 aliphatic rings. The molecule has 13 heavy (non-hydrogen) atoms. The minimum absolute atomic E-state index is 0.404. The first kappa shape index (κ1) is 10.0. The van der Waals surface area contributed by atoms with E-state index in [9.17, 15) is 5.11 Å². The van der Waals surface area contributed by atoms with Crippen LogP contribution in [0.4, 0.5) is 0 Å². The Balaban J connectivity index is 3.04. The van der Waals surface area contributed by atoms with Gasteiger partial charge in [-0.25, -0.2) is 0 Å². The van der Waals surface area contributed by atoms with E-state index >= 15 is 0 Å². The van der Waals surface area contributed by atoms with Gasteiger partial charge < -0.3 is 5.11 Å². The first-order valence-electron chi connectivity index (χ1n) is 4.52. The van der Waals surface area contributed by atoms with Gasteiger partial charge in [-0.2, -0.15) is 0 Å². The van der Waals surface area contributed by atoms with Crippen LogP contribution in [-0.4, -0.2) is 5.11 Å². The van der Waals surface area contributed by atoms with Gasteiger partial charge >= 0.3 is 0 Å². The maximum atomic E-state index is 9.81. The van der Waals surface area contributed by atoms with Gasteiger partial charge in [-0.15, -0.1) is 6.58 Å². The highest BCUT2D eigenvalue weighted by atomic mass is 16.3. The van der Waals surface area contributed by atoms with Gasteiger partial charge in [-0.1, -0.05) is 24.3 Å². The highest BCUT2D eigenvalue weighted by molar-refractivity contribution is 5.35. The molecule has 70 valence electrons. The highest BCUT2D eigenvalue weighted by Crippen LogP contribution is 2.24. The molecule has 0 heterocycles. The fourth-order valence-electron chi connectivity index (χ4n) is 1.63. The molecule has 0 aliphatic carbocycles. The van der Waals surface area contributed by atoms with Crippen LogP contribution in [0.3, 0.4) is 0 Å². The number of benzene rings is 1. The van der Waals surface area contributed by atoms with Crippen molar-refractivity contribution in [3.05, 3.63) is 47.5 Å². The second-order valence-electron chi connectivity index (χ2n) is 3.35. The minimum atomic E-state index is -0.404. The van der Waals surface area contributed by atoms with Gasteiger partial charge in [0.2, 0.25) is 0 Å². The highest BCUT2D eigenvalue weighted by Gasteiger charge is 2.10. The van der Waals surface area contributed by atoms with E-state index in [1.54, 1.807) is 6.08 Å². The van der Waals surface area contributed by atoms with Gasteiger partial charge in [0.25, 0.3) is 0 Å². The topological polar surface area (TPSA) is 20.2 Å². The van der Waals surface area contributed by atoms with Crippen molar-refractivity contribution in [2.45, 2.75) is 26.4 Å². The van der Waals surface area contributed by atoms with Crippen LogP contribution in [0.5, 0.6) is 0 Å². The second-order valence-corrected chi connectivity index (χ2v) is 3.35. The van der Waals surface area contributed by atoms with Crippen LogP contribution >= 0.6 is 0 Å². The fraction of sp³-hybridized carbons (Fsp3) is 0.333. The Kier molecular flexibility index (Phi) is 3.26. The Morgan fingerprint density at radius 3 is 2.38 bits per heavy atom. The summed E-state index contributed by atoms with van der Waals surface area (Å²) in [5.41, 5.74) is 3.34. The van der Waals surface area contributed by atoms with Gasteiger partial charge in [0, 0.05) is 0 Å². The SMILES string of the molecule is C=CCC(O)c1c(C)cccc1C. The van der Waals surface area contributed by atoms with Crippen molar-refractivity contribution in [2.24, 2.45) is 0 Å². The maximum Gasteiger partial charge on any atom is 0.0829 e. The van der Waals surface area contributed by atoms with Crippen molar-refractivity contribution in [1.29, 1.82) is 0 Å². The van der Waals surface area contributed by atoms with Gasteiger partial charge in [0.15, 0.2) is 0 Å². The summed E-state index contributed by atoms with van der Waals surface area (Å²) in [4.78, 5) is 0. The summed E-state index contributed by atoms with van der Waals surface area (Å²) in [6.07, 6.45) is 1.96. The summed E-state index contributed by atoms with van der Waals surface area (Å²) in [5, 5.41) is 9.81. The molecule has 1 N–H and O–H groups in total. The van der Waals surface area contributed by atoms with Crippen molar-refractivity contribution < 1.29 is 5.11 Å². The predicted octanol–water partition coefficient (Wildman–Crippen LogP) is 2.91. The summed E-state index contributed by atoms with van der Waals surface area (Å²) < 4.78 is 0. The Morgan fingerprint density at radius 2 is 1.92 bits per heavy atom. The van der Waals surface area contributed by atoms with Gasteiger partial charge in [-0.3, -0.25) is 0 Å². The summed E-state index contributed by atoms with van der Waals surface area (Å²) in [6.45, 7) is 7.67. The van der Waals surface area contributed by atoms with E-state index in [0.717, 1.165) is 16.7 Å². The maximum absolute atomic E-state index is 9.81. The fourth-order valence-corrected chi connectivity index (χ4v) is 1.63. The summed E-state index contributed by atoms with van der Waals surface area (Å²) in [6, 6.07) is 6.05. The van der Waals surface area contributed by atoms with Gasteiger partial charge in [0.05, 0.1) is 6.10 Å². The molecule has 0 radical (unpaired) electrons. The quantitative estimate of drug-likeness (QED) is 0.702. The van der Waals surface area contributed by atoms with E-state index < -0.39 is 6.10 Å². The van der Waals surface area contributed by atoms with Crippen LogP contribution in [0.15, 0.2) is 30.9 Å². The van der Waals surface area contributed by atoms with Crippen molar-refractivity contribution in [2.75, 3.05) is 0 Å². The number of hydrogen-bond acceptors (Lipinski definition) is 1. The molecule has 0 bridgehead atoms. The monoisotopic (exact) mass is 176 g/mol. The lowest BCUT2D eigenvalue weighted by Crippen LogP contribution is -2.01. The average molecular weight is 176 g/mol. The van der Waals surface area contributed by atoms with Crippen LogP contribution in [0.25, 0.3) is 0 Å². The molecule has 0 amide bonds. The predicted molar refractivity (Wildman–Crippen MR) is 55.7 cm³/mol. The lowest BCUT2D eigenvalue weighted by atomic mass is 9.96. The smallest absolute Gasteiger partial charge is 0.0829 e. The van der Waals surface area contributed by atoms with E-state index in [-0.39, 0.29) is 0 Å². The van der Waals surface area contributed by atoms with E-state index in [1.165, 1.54) is 0 Å². The average Bonchev–Trinajstić information content (AvgIpc) is 2.04. The second kappa shape index (κ2) is 4.24. The molecule has 0 fully saturated rings. The minimum Gasteiger partial charge on any atom is -0.388 e. The zero-order valence-electron chi connectivity index (χ0n) is 8.25. The molecule has 1 aromatic rings. The number of hydrogen-bond donors (Lipinski definition) is 1. The molecule has 1 aromatic carbocycles. The zero-order chi connectivity index (χ0) is 9.84. The van der Waals surface area contributed by atoms with Crippen LogP contribution in [0.2, 0.25) is 0 Å². The van der Waals surface area contributed by atoms with Crippen LogP contribution in [0.1, 0.15) is 29.2 Å². The first-order chi connectivity index (χ1) is 6.16.